The fraction of sp³-hybridized carbons (Fsp3) is 0.333. The van der Waals surface area contributed by atoms with Gasteiger partial charge in [0.15, 0.2) is 5.11 Å². The van der Waals surface area contributed by atoms with Crippen molar-refractivity contribution in [2.45, 2.75) is 54.3 Å². The molecule has 4 aromatic rings. The van der Waals surface area contributed by atoms with Gasteiger partial charge >= 0.3 is 0 Å². The number of aryl methyl sites for hydroxylation is 3. The molecule has 1 aromatic carbocycles. The normalized spacial score (nSPS) is 11.1. The number of thiocarbonyl (C=S) groups is 1. The molecule has 2 N–H and O–H groups in total. The molecule has 172 valence electrons. The van der Waals surface area contributed by atoms with Crippen LogP contribution in [0.4, 0.5) is 11.4 Å². The van der Waals surface area contributed by atoms with Gasteiger partial charge in [0.1, 0.15) is 0 Å². The Morgan fingerprint density at radius 3 is 2.52 bits per heavy atom. The maximum atomic E-state index is 5.56. The van der Waals surface area contributed by atoms with Crippen LogP contribution in [0.1, 0.15) is 40.7 Å². The smallest absolute Gasteiger partial charge is 0.175 e. The maximum Gasteiger partial charge on any atom is 0.175 e. The lowest BCUT2D eigenvalue weighted by molar-refractivity contribution is 0.633. The Bertz CT molecular complexity index is 1280. The summed E-state index contributed by atoms with van der Waals surface area (Å²) in [5.41, 5.74) is 8.48. The van der Waals surface area contributed by atoms with E-state index in [4.69, 9.17) is 17.3 Å². The van der Waals surface area contributed by atoms with Crippen molar-refractivity contribution < 1.29 is 0 Å². The summed E-state index contributed by atoms with van der Waals surface area (Å²) in [5, 5.41) is 20.6. The number of hydrogen-bond donors (Lipinski definition) is 2. The van der Waals surface area contributed by atoms with E-state index in [-0.39, 0.29) is 0 Å². The van der Waals surface area contributed by atoms with Gasteiger partial charge in [-0.15, -0.1) is 0 Å². The highest BCUT2D eigenvalue weighted by atomic mass is 32.1. The SMILES string of the molecule is CCn1ncc(Cn2cc(NC(=S)Nc3c(C)nn(Cc4cccc(C)c4)c3C)cn2)c1C. The van der Waals surface area contributed by atoms with Gasteiger partial charge in [-0.05, 0) is 52.4 Å². The van der Waals surface area contributed by atoms with E-state index in [1.807, 2.05) is 33.4 Å². The molecule has 3 aromatic heterocycles. The van der Waals surface area contributed by atoms with E-state index < -0.39 is 0 Å². The lowest BCUT2D eigenvalue weighted by Crippen LogP contribution is -2.19. The number of benzene rings is 1. The van der Waals surface area contributed by atoms with Gasteiger partial charge in [-0.3, -0.25) is 14.0 Å². The van der Waals surface area contributed by atoms with Crippen molar-refractivity contribution in [2.24, 2.45) is 0 Å². The minimum atomic E-state index is 0.505. The molecule has 8 nitrogen and oxygen atoms in total. The van der Waals surface area contributed by atoms with Crippen LogP contribution in [-0.2, 0) is 19.6 Å². The Hall–Kier alpha value is -3.46. The average Bonchev–Trinajstić information content (AvgIpc) is 3.43. The van der Waals surface area contributed by atoms with Gasteiger partial charge in [-0.2, -0.15) is 15.3 Å². The fourth-order valence-electron chi connectivity index (χ4n) is 3.94. The van der Waals surface area contributed by atoms with Gasteiger partial charge in [0, 0.05) is 24.0 Å². The third kappa shape index (κ3) is 5.14. The molecule has 0 saturated heterocycles. The lowest BCUT2D eigenvalue weighted by atomic mass is 10.1. The van der Waals surface area contributed by atoms with Crippen LogP contribution in [-0.4, -0.2) is 34.5 Å². The summed E-state index contributed by atoms with van der Waals surface area (Å²) >= 11 is 5.56. The highest BCUT2D eigenvalue weighted by Crippen LogP contribution is 2.21. The first kappa shape index (κ1) is 22.7. The zero-order valence-corrected chi connectivity index (χ0v) is 20.6. The largest absolute Gasteiger partial charge is 0.330 e. The van der Waals surface area contributed by atoms with E-state index in [2.05, 4.69) is 72.8 Å². The van der Waals surface area contributed by atoms with Crippen LogP contribution >= 0.6 is 12.2 Å². The molecule has 0 aliphatic carbocycles. The van der Waals surface area contributed by atoms with Crippen molar-refractivity contribution in [3.8, 4) is 0 Å². The van der Waals surface area contributed by atoms with Crippen LogP contribution < -0.4 is 10.6 Å². The zero-order valence-electron chi connectivity index (χ0n) is 19.8. The quantitative estimate of drug-likeness (QED) is 0.396. The standard InChI is InChI=1S/C24H30N8S/c1-6-31-18(4)21(11-26-31)14-30-15-22(12-25-30)27-24(33)28-23-17(3)29-32(19(23)5)13-20-9-7-8-16(2)10-20/h7-12,15H,6,13-14H2,1-5H3,(H2,27,28,33). The molecule has 0 aliphatic rings. The molecule has 0 bridgehead atoms. The Morgan fingerprint density at radius 1 is 0.970 bits per heavy atom. The molecule has 4 rings (SSSR count). The fourth-order valence-corrected chi connectivity index (χ4v) is 4.16. The molecule has 0 spiro atoms. The third-order valence-corrected chi connectivity index (χ3v) is 5.97. The second-order valence-corrected chi connectivity index (χ2v) is 8.68. The minimum absolute atomic E-state index is 0.505. The maximum absolute atomic E-state index is 5.56. The van der Waals surface area contributed by atoms with Crippen LogP contribution in [0, 0.1) is 27.7 Å². The summed E-state index contributed by atoms with van der Waals surface area (Å²) in [7, 11) is 0. The number of nitrogens with zero attached hydrogens (tertiary/aromatic N) is 6. The second kappa shape index (κ2) is 9.58. The monoisotopic (exact) mass is 462 g/mol. The van der Waals surface area contributed by atoms with E-state index >= 15 is 0 Å². The molecule has 0 saturated carbocycles. The highest BCUT2D eigenvalue weighted by Gasteiger charge is 2.14. The van der Waals surface area contributed by atoms with Crippen molar-refractivity contribution in [3.63, 3.8) is 0 Å². The number of aromatic nitrogens is 6. The summed E-state index contributed by atoms with van der Waals surface area (Å²) in [6.45, 7) is 12.6. The Balaban J connectivity index is 1.40. The van der Waals surface area contributed by atoms with Gasteiger partial charge in [0.05, 0.1) is 48.2 Å². The molecule has 0 radical (unpaired) electrons. The van der Waals surface area contributed by atoms with E-state index in [1.165, 1.54) is 11.1 Å². The lowest BCUT2D eigenvalue weighted by Gasteiger charge is -2.10. The molecule has 0 amide bonds. The van der Waals surface area contributed by atoms with Crippen molar-refractivity contribution >= 4 is 28.7 Å². The summed E-state index contributed by atoms with van der Waals surface area (Å²) in [5.74, 6) is 0. The third-order valence-electron chi connectivity index (χ3n) is 5.76. The van der Waals surface area contributed by atoms with Crippen molar-refractivity contribution in [2.75, 3.05) is 10.6 Å². The molecular weight excluding hydrogens is 432 g/mol. The van der Waals surface area contributed by atoms with Gasteiger partial charge in [-0.25, -0.2) is 0 Å². The first-order chi connectivity index (χ1) is 15.8. The topological polar surface area (TPSA) is 77.5 Å². The van der Waals surface area contributed by atoms with E-state index in [0.717, 1.165) is 47.1 Å². The summed E-state index contributed by atoms with van der Waals surface area (Å²) in [6.07, 6.45) is 5.62. The molecule has 9 heteroatoms. The summed E-state index contributed by atoms with van der Waals surface area (Å²) in [4.78, 5) is 0. The molecule has 3 heterocycles. The number of hydrogen-bond acceptors (Lipinski definition) is 4. The molecule has 0 fully saturated rings. The number of rotatable bonds is 7. The van der Waals surface area contributed by atoms with E-state index in [1.54, 1.807) is 6.20 Å². The molecule has 0 atom stereocenters. The van der Waals surface area contributed by atoms with Crippen LogP contribution in [0.2, 0.25) is 0 Å². The first-order valence-corrected chi connectivity index (χ1v) is 11.5. The second-order valence-electron chi connectivity index (χ2n) is 8.27. The first-order valence-electron chi connectivity index (χ1n) is 11.0. The van der Waals surface area contributed by atoms with Crippen LogP contribution in [0.25, 0.3) is 0 Å². The molecule has 0 aliphatic heterocycles. The number of nitrogens with one attached hydrogen (secondary N) is 2. The average molecular weight is 463 g/mol. The van der Waals surface area contributed by atoms with E-state index in [9.17, 15) is 0 Å². The predicted molar refractivity (Wildman–Crippen MR) is 136 cm³/mol. The highest BCUT2D eigenvalue weighted by molar-refractivity contribution is 7.80. The number of anilines is 2. The van der Waals surface area contributed by atoms with Gasteiger partial charge in [0.25, 0.3) is 0 Å². The Morgan fingerprint density at radius 2 is 1.79 bits per heavy atom. The Kier molecular flexibility index (Phi) is 6.60. The zero-order chi connectivity index (χ0) is 23.5. The van der Waals surface area contributed by atoms with Gasteiger partial charge < -0.3 is 10.6 Å². The van der Waals surface area contributed by atoms with Crippen LogP contribution in [0.15, 0.2) is 42.9 Å². The molecule has 0 unspecified atom stereocenters. The van der Waals surface area contributed by atoms with Crippen molar-refractivity contribution in [1.82, 2.24) is 29.3 Å². The van der Waals surface area contributed by atoms with Crippen molar-refractivity contribution in [3.05, 3.63) is 76.6 Å². The van der Waals surface area contributed by atoms with Gasteiger partial charge in [0.2, 0.25) is 0 Å². The van der Waals surface area contributed by atoms with Crippen molar-refractivity contribution in [1.29, 1.82) is 0 Å². The molecule has 33 heavy (non-hydrogen) atoms. The minimum Gasteiger partial charge on any atom is -0.330 e. The van der Waals surface area contributed by atoms with Crippen LogP contribution in [0.3, 0.4) is 0 Å². The summed E-state index contributed by atoms with van der Waals surface area (Å²) in [6, 6.07) is 8.48. The van der Waals surface area contributed by atoms with E-state index in [0.29, 0.717) is 11.7 Å². The van der Waals surface area contributed by atoms with Gasteiger partial charge in [-0.1, -0.05) is 29.8 Å². The molecular formula is C24H30N8S. The summed E-state index contributed by atoms with van der Waals surface area (Å²) < 4.78 is 5.87. The van der Waals surface area contributed by atoms with Crippen LogP contribution in [0.5, 0.6) is 0 Å². The predicted octanol–water partition coefficient (Wildman–Crippen LogP) is 4.44. The Labute approximate surface area is 199 Å².